The van der Waals surface area contributed by atoms with Gasteiger partial charge in [0.15, 0.2) is 0 Å². The topological polar surface area (TPSA) is 20.2 Å². The molecule has 1 nitrogen and oxygen atoms in total. The smallest absolute Gasteiger partial charge is 0.118 e. The largest absolute Gasteiger partial charge is 0.508 e. The van der Waals surface area contributed by atoms with E-state index in [1.165, 1.54) is 0 Å². The lowest BCUT2D eigenvalue weighted by molar-refractivity contribution is 0.342. The van der Waals surface area contributed by atoms with Crippen molar-refractivity contribution in [1.82, 2.24) is 0 Å². The summed E-state index contributed by atoms with van der Waals surface area (Å²) in [5.74, 6) is 0.420. The van der Waals surface area contributed by atoms with E-state index >= 15 is 0 Å². The van der Waals surface area contributed by atoms with E-state index < -0.39 is 0 Å². The van der Waals surface area contributed by atoms with Crippen LogP contribution >= 0.6 is 0 Å². The Morgan fingerprint density at radius 1 is 1.23 bits per heavy atom. The number of para-hydroxylation sites is 1. The third-order valence-electron chi connectivity index (χ3n) is 2.62. The van der Waals surface area contributed by atoms with Crippen molar-refractivity contribution in [3.05, 3.63) is 29.8 Å². The fourth-order valence-electron chi connectivity index (χ4n) is 1.30. The zero-order valence-electron chi connectivity index (χ0n) is 8.67. The van der Waals surface area contributed by atoms with E-state index in [0.717, 1.165) is 18.4 Å². The Morgan fingerprint density at radius 3 is 2.38 bits per heavy atom. The van der Waals surface area contributed by atoms with E-state index in [9.17, 15) is 5.11 Å². The molecule has 0 aliphatic rings. The van der Waals surface area contributed by atoms with Crippen molar-refractivity contribution < 1.29 is 5.11 Å². The molecule has 0 heterocycles. The van der Waals surface area contributed by atoms with Gasteiger partial charge in [-0.05, 0) is 23.5 Å². The third kappa shape index (κ3) is 2.76. The van der Waals surface area contributed by atoms with E-state index in [-0.39, 0.29) is 5.41 Å². The highest BCUT2D eigenvalue weighted by Crippen LogP contribution is 2.29. The van der Waals surface area contributed by atoms with Gasteiger partial charge in [0, 0.05) is 0 Å². The predicted molar refractivity (Wildman–Crippen MR) is 55.9 cm³/mol. The van der Waals surface area contributed by atoms with Gasteiger partial charge in [0.05, 0.1) is 0 Å². The van der Waals surface area contributed by atoms with Gasteiger partial charge in [0.25, 0.3) is 0 Å². The molecule has 0 aliphatic carbocycles. The summed E-state index contributed by atoms with van der Waals surface area (Å²) in [6, 6.07) is 7.58. The molecule has 0 saturated heterocycles. The summed E-state index contributed by atoms with van der Waals surface area (Å²) in [5.41, 5.74) is 1.33. The van der Waals surface area contributed by atoms with Gasteiger partial charge in [-0.15, -0.1) is 0 Å². The summed E-state index contributed by atoms with van der Waals surface area (Å²) in [6.07, 6.45) is 2.07. The number of hydrogen-bond donors (Lipinski definition) is 1. The molecule has 0 bridgehead atoms. The minimum absolute atomic E-state index is 0.277. The van der Waals surface area contributed by atoms with Crippen LogP contribution in [0.3, 0.4) is 0 Å². The molecule has 13 heavy (non-hydrogen) atoms. The highest BCUT2D eigenvalue weighted by Gasteiger charge is 2.17. The molecule has 0 atom stereocenters. The van der Waals surface area contributed by atoms with E-state index in [1.54, 1.807) is 6.07 Å². The molecule has 0 aromatic heterocycles. The van der Waals surface area contributed by atoms with Gasteiger partial charge in [-0.25, -0.2) is 0 Å². The monoisotopic (exact) mass is 178 g/mol. The Balaban J connectivity index is 2.80. The van der Waals surface area contributed by atoms with E-state index in [2.05, 4.69) is 20.8 Å². The van der Waals surface area contributed by atoms with Crippen LogP contribution in [0.4, 0.5) is 0 Å². The Labute approximate surface area is 80.4 Å². The SMILES string of the molecule is CCC(C)(C)Cc1ccccc1O. The second-order valence-electron chi connectivity index (χ2n) is 4.32. The van der Waals surface area contributed by atoms with Crippen LogP contribution < -0.4 is 0 Å². The second-order valence-corrected chi connectivity index (χ2v) is 4.32. The summed E-state index contributed by atoms with van der Waals surface area (Å²) >= 11 is 0. The van der Waals surface area contributed by atoms with Crippen LogP contribution in [0.15, 0.2) is 24.3 Å². The Morgan fingerprint density at radius 2 is 1.85 bits per heavy atom. The number of phenols is 1. The lowest BCUT2D eigenvalue weighted by Gasteiger charge is -2.22. The molecule has 0 unspecified atom stereocenters. The number of phenolic OH excluding ortho intramolecular Hbond substituents is 1. The standard InChI is InChI=1S/C12H18O/c1-4-12(2,3)9-10-7-5-6-8-11(10)13/h5-8,13H,4,9H2,1-3H3. The molecule has 0 saturated carbocycles. The van der Waals surface area contributed by atoms with E-state index in [4.69, 9.17) is 0 Å². The van der Waals surface area contributed by atoms with Gasteiger partial charge in [0.2, 0.25) is 0 Å². The average molecular weight is 178 g/mol. The molecule has 0 radical (unpaired) electrons. The lowest BCUT2D eigenvalue weighted by Crippen LogP contribution is -2.13. The molecule has 1 aromatic rings. The van der Waals surface area contributed by atoms with Crippen molar-refractivity contribution in [1.29, 1.82) is 0 Å². The maximum absolute atomic E-state index is 9.57. The van der Waals surface area contributed by atoms with Gasteiger partial charge in [-0.2, -0.15) is 0 Å². The summed E-state index contributed by atoms with van der Waals surface area (Å²) in [4.78, 5) is 0. The van der Waals surface area contributed by atoms with Gasteiger partial charge in [-0.1, -0.05) is 45.4 Å². The molecule has 0 spiro atoms. The Kier molecular flexibility index (Phi) is 2.97. The minimum atomic E-state index is 0.277. The van der Waals surface area contributed by atoms with E-state index in [0.29, 0.717) is 5.75 Å². The number of hydrogen-bond acceptors (Lipinski definition) is 1. The van der Waals surface area contributed by atoms with Crippen molar-refractivity contribution in [2.75, 3.05) is 0 Å². The summed E-state index contributed by atoms with van der Waals surface area (Å²) in [7, 11) is 0. The lowest BCUT2D eigenvalue weighted by atomic mass is 9.83. The van der Waals surface area contributed by atoms with Crippen molar-refractivity contribution in [2.45, 2.75) is 33.6 Å². The van der Waals surface area contributed by atoms with Crippen molar-refractivity contribution in [2.24, 2.45) is 5.41 Å². The van der Waals surface area contributed by atoms with Crippen LogP contribution in [-0.2, 0) is 6.42 Å². The highest BCUT2D eigenvalue weighted by atomic mass is 16.3. The Hall–Kier alpha value is -0.980. The molecule has 1 N–H and O–H groups in total. The number of aromatic hydroxyl groups is 1. The van der Waals surface area contributed by atoms with Crippen molar-refractivity contribution in [3.63, 3.8) is 0 Å². The minimum Gasteiger partial charge on any atom is -0.508 e. The molecule has 0 fully saturated rings. The summed E-state index contributed by atoms with van der Waals surface area (Å²) in [6.45, 7) is 6.62. The van der Waals surface area contributed by atoms with Gasteiger partial charge in [-0.3, -0.25) is 0 Å². The van der Waals surface area contributed by atoms with Crippen LogP contribution in [0.1, 0.15) is 32.8 Å². The first-order valence-electron chi connectivity index (χ1n) is 4.82. The molecular formula is C12H18O. The zero-order valence-corrected chi connectivity index (χ0v) is 8.67. The predicted octanol–water partition coefficient (Wildman–Crippen LogP) is 3.37. The molecule has 0 amide bonds. The van der Waals surface area contributed by atoms with Crippen LogP contribution in [0, 0.1) is 5.41 Å². The first-order valence-corrected chi connectivity index (χ1v) is 4.82. The molecule has 72 valence electrons. The average Bonchev–Trinajstić information content (AvgIpc) is 2.09. The van der Waals surface area contributed by atoms with Gasteiger partial charge >= 0.3 is 0 Å². The maximum Gasteiger partial charge on any atom is 0.118 e. The van der Waals surface area contributed by atoms with Crippen LogP contribution in [0.25, 0.3) is 0 Å². The zero-order chi connectivity index (χ0) is 9.90. The normalized spacial score (nSPS) is 11.6. The van der Waals surface area contributed by atoms with Crippen molar-refractivity contribution in [3.8, 4) is 5.75 Å². The van der Waals surface area contributed by atoms with E-state index in [1.807, 2.05) is 18.2 Å². The van der Waals surface area contributed by atoms with Gasteiger partial charge < -0.3 is 5.11 Å². The Bertz CT molecular complexity index is 276. The number of benzene rings is 1. The number of rotatable bonds is 3. The summed E-state index contributed by atoms with van der Waals surface area (Å²) < 4.78 is 0. The van der Waals surface area contributed by atoms with Crippen LogP contribution in [0.2, 0.25) is 0 Å². The van der Waals surface area contributed by atoms with Crippen LogP contribution in [-0.4, -0.2) is 5.11 Å². The molecule has 1 aromatic carbocycles. The van der Waals surface area contributed by atoms with Crippen molar-refractivity contribution >= 4 is 0 Å². The molecule has 0 aliphatic heterocycles. The molecular weight excluding hydrogens is 160 g/mol. The molecule has 1 rings (SSSR count). The maximum atomic E-state index is 9.57. The van der Waals surface area contributed by atoms with Crippen LogP contribution in [0.5, 0.6) is 5.75 Å². The highest BCUT2D eigenvalue weighted by molar-refractivity contribution is 5.32. The third-order valence-corrected chi connectivity index (χ3v) is 2.62. The molecule has 1 heteroatoms. The summed E-state index contributed by atoms with van der Waals surface area (Å²) in [5, 5.41) is 9.57. The first-order chi connectivity index (χ1) is 6.05. The fourth-order valence-corrected chi connectivity index (χ4v) is 1.30. The fraction of sp³-hybridized carbons (Fsp3) is 0.500. The van der Waals surface area contributed by atoms with Gasteiger partial charge in [0.1, 0.15) is 5.75 Å². The first kappa shape index (κ1) is 10.1. The quantitative estimate of drug-likeness (QED) is 0.752. The second kappa shape index (κ2) is 3.82.